The molecule has 0 amide bonds. The maximum Gasteiger partial charge on any atom is 0.490 e. The van der Waals surface area contributed by atoms with E-state index in [1.54, 1.807) is 13.8 Å². The van der Waals surface area contributed by atoms with Crippen LogP contribution >= 0.6 is 23.5 Å². The predicted molar refractivity (Wildman–Crippen MR) is 112 cm³/mol. The zero-order chi connectivity index (χ0) is 25.5. The van der Waals surface area contributed by atoms with Gasteiger partial charge in [0.25, 0.3) is 0 Å². The molecule has 1 rings (SSSR count). The molecule has 1 heterocycles. The van der Waals surface area contributed by atoms with E-state index in [2.05, 4.69) is 29.5 Å². The van der Waals surface area contributed by atoms with Gasteiger partial charge in [-0.1, -0.05) is 12.8 Å². The van der Waals surface area contributed by atoms with Crippen molar-refractivity contribution in [3.8, 4) is 11.8 Å². The lowest BCUT2D eigenvalue weighted by molar-refractivity contribution is -0.0201. The molecule has 0 saturated carbocycles. The minimum absolute atomic E-state index is 0.0343. The monoisotopic (exact) mass is 531 g/mol. The molecule has 186 valence electrons. The van der Waals surface area contributed by atoms with Crippen LogP contribution < -0.4 is 0 Å². The van der Waals surface area contributed by atoms with Crippen LogP contribution in [0.15, 0.2) is 12.3 Å². The summed E-state index contributed by atoms with van der Waals surface area (Å²) in [5.41, 5.74) is -1.14. The Morgan fingerprint density at radius 1 is 1.18 bits per heavy atom. The Balaban J connectivity index is 3.00. The van der Waals surface area contributed by atoms with Crippen LogP contribution in [0.25, 0.3) is 0 Å². The number of aldehydes is 1. The molecule has 1 aromatic rings. The van der Waals surface area contributed by atoms with Crippen LogP contribution in [0.2, 0.25) is 0 Å². The molecule has 33 heavy (non-hydrogen) atoms. The first kappa shape index (κ1) is 29.4. The number of ether oxygens (including phenoxy) is 1. The summed E-state index contributed by atoms with van der Waals surface area (Å²) in [7, 11) is -13.8. The van der Waals surface area contributed by atoms with Crippen molar-refractivity contribution in [2.45, 2.75) is 32.8 Å². The third kappa shape index (κ3) is 8.92. The van der Waals surface area contributed by atoms with Crippen LogP contribution in [0, 0.1) is 11.8 Å². The van der Waals surface area contributed by atoms with Gasteiger partial charge in [0, 0.05) is 26.0 Å². The number of hydrogen-bond acceptors (Lipinski definition) is 11. The maximum absolute atomic E-state index is 12.6. The van der Waals surface area contributed by atoms with Crippen molar-refractivity contribution in [1.82, 2.24) is 4.57 Å². The van der Waals surface area contributed by atoms with Crippen molar-refractivity contribution in [3.63, 3.8) is 0 Å². The lowest BCUT2D eigenvalue weighted by Crippen LogP contribution is -2.37. The number of aromatic nitrogens is 1. The maximum atomic E-state index is 12.6. The molecule has 0 bridgehead atoms. The Kier molecular flexibility index (Phi) is 10.4. The molecular formula is C16H24NO13P3. The summed E-state index contributed by atoms with van der Waals surface area (Å²) in [6.07, 6.45) is 0.808. The zero-order valence-corrected chi connectivity index (χ0v) is 21.0. The Morgan fingerprint density at radius 3 is 2.30 bits per heavy atom. The molecule has 2 N–H and O–H groups in total. The highest BCUT2D eigenvalue weighted by atomic mass is 31.3. The van der Waals surface area contributed by atoms with Crippen LogP contribution in [0.4, 0.5) is 4.79 Å². The lowest BCUT2D eigenvalue weighted by atomic mass is 10.1. The Bertz CT molecular complexity index is 1070. The second-order valence-corrected chi connectivity index (χ2v) is 11.4. The van der Waals surface area contributed by atoms with Crippen LogP contribution in [0.1, 0.15) is 43.2 Å². The molecule has 0 spiro atoms. The molecule has 14 nitrogen and oxygen atoms in total. The molecule has 0 saturated heterocycles. The molecule has 0 fully saturated rings. The van der Waals surface area contributed by atoms with Gasteiger partial charge < -0.3 is 14.5 Å². The van der Waals surface area contributed by atoms with Gasteiger partial charge in [-0.25, -0.2) is 23.1 Å². The largest absolute Gasteiger partial charge is 0.490 e. The molecule has 0 aliphatic heterocycles. The van der Waals surface area contributed by atoms with Gasteiger partial charge in [0.15, 0.2) is 6.29 Å². The van der Waals surface area contributed by atoms with Crippen molar-refractivity contribution in [2.75, 3.05) is 20.8 Å². The first-order chi connectivity index (χ1) is 15.2. The van der Waals surface area contributed by atoms with Gasteiger partial charge in [-0.05, 0) is 26.3 Å². The summed E-state index contributed by atoms with van der Waals surface area (Å²) in [5.74, 6) is 5.31. The fourth-order valence-corrected chi connectivity index (χ4v) is 5.74. The first-order valence-corrected chi connectivity index (χ1v) is 13.4. The molecular weight excluding hydrogens is 507 g/mol. The fourth-order valence-electron chi connectivity index (χ4n) is 2.04. The molecule has 17 heteroatoms. The summed E-state index contributed by atoms with van der Waals surface area (Å²) in [6.45, 7) is 3.85. The molecule has 0 aliphatic rings. The number of carbonyl (C=O) groups is 2. The Morgan fingerprint density at radius 2 is 1.82 bits per heavy atom. The van der Waals surface area contributed by atoms with Crippen LogP contribution in [0.5, 0.6) is 0 Å². The second kappa shape index (κ2) is 11.7. The normalized spacial score (nSPS) is 18.5. The van der Waals surface area contributed by atoms with E-state index in [1.807, 2.05) is 0 Å². The fraction of sp³-hybridized carbons (Fsp3) is 0.500. The third-order valence-electron chi connectivity index (χ3n) is 3.91. The standard InChI is InChI=1S/C16H24NO13P3/c1-6-8-13-9-14(11-18)17(10-13)15(19)28-16(3,7-2)12-27-33(24,26-5)30-32(22,23)29-31(20,21)25-4/h9-11H,7,12H2,1-5H3,(H,20,21)(H,22,23). The minimum Gasteiger partial charge on any atom is -0.440 e. The van der Waals surface area contributed by atoms with Crippen molar-refractivity contribution in [1.29, 1.82) is 0 Å². The van der Waals surface area contributed by atoms with Crippen molar-refractivity contribution in [2.24, 2.45) is 0 Å². The first-order valence-electron chi connectivity index (χ1n) is 8.95. The van der Waals surface area contributed by atoms with E-state index in [4.69, 9.17) is 14.2 Å². The molecule has 0 radical (unpaired) electrons. The Hall–Kier alpha value is -1.61. The highest BCUT2D eigenvalue weighted by Gasteiger charge is 2.44. The smallest absolute Gasteiger partial charge is 0.440 e. The van der Waals surface area contributed by atoms with Crippen LogP contribution in [-0.4, -0.2) is 53.2 Å². The van der Waals surface area contributed by atoms with Gasteiger partial charge in [-0.2, -0.15) is 8.62 Å². The van der Waals surface area contributed by atoms with Gasteiger partial charge >= 0.3 is 29.6 Å². The van der Waals surface area contributed by atoms with E-state index >= 15 is 0 Å². The number of rotatable bonds is 12. The molecule has 0 aromatic carbocycles. The lowest BCUT2D eigenvalue weighted by Gasteiger charge is -2.29. The Labute approximate surface area is 189 Å². The summed E-state index contributed by atoms with van der Waals surface area (Å²) >= 11 is 0. The average Bonchev–Trinajstić information content (AvgIpc) is 3.15. The van der Waals surface area contributed by atoms with Crippen LogP contribution in [0.3, 0.4) is 0 Å². The topological polar surface area (TPSA) is 186 Å². The number of phosphoric ester groups is 2. The highest BCUT2D eigenvalue weighted by molar-refractivity contribution is 7.67. The quantitative estimate of drug-likeness (QED) is 0.227. The van der Waals surface area contributed by atoms with E-state index in [1.165, 1.54) is 19.2 Å². The highest BCUT2D eigenvalue weighted by Crippen LogP contribution is 2.69. The number of phosphoric acid groups is 3. The van der Waals surface area contributed by atoms with Gasteiger partial charge in [0.05, 0.1) is 12.3 Å². The summed E-state index contributed by atoms with van der Waals surface area (Å²) in [6, 6.07) is 1.37. The SMILES string of the molecule is CC#Cc1cc(C=O)n(C(=O)OC(C)(CC)COP(=O)(OC)OP(=O)(O)OP(=O)(O)OC)c1. The summed E-state index contributed by atoms with van der Waals surface area (Å²) in [4.78, 5) is 42.6. The zero-order valence-electron chi connectivity index (χ0n) is 18.3. The van der Waals surface area contributed by atoms with E-state index in [0.29, 0.717) is 19.0 Å². The predicted octanol–water partition coefficient (Wildman–Crippen LogP) is 3.48. The molecule has 1 aromatic heterocycles. The molecule has 0 aliphatic carbocycles. The minimum atomic E-state index is -5.46. The van der Waals surface area contributed by atoms with Crippen molar-refractivity contribution < 1.29 is 60.0 Å². The van der Waals surface area contributed by atoms with Gasteiger partial charge in [0.1, 0.15) is 5.60 Å². The third-order valence-corrected chi connectivity index (χ3v) is 8.54. The number of carbonyl (C=O) groups excluding carboxylic acids is 2. The van der Waals surface area contributed by atoms with Gasteiger partial charge in [-0.15, -0.1) is 5.92 Å². The van der Waals surface area contributed by atoms with Crippen LogP contribution in [-0.2, 0) is 40.6 Å². The second-order valence-electron chi connectivity index (χ2n) is 6.37. The van der Waals surface area contributed by atoms with Crippen molar-refractivity contribution >= 4 is 35.8 Å². The van der Waals surface area contributed by atoms with E-state index in [0.717, 1.165) is 11.7 Å². The number of nitrogens with zero attached hydrogens (tertiary/aromatic N) is 1. The van der Waals surface area contributed by atoms with E-state index in [-0.39, 0.29) is 12.1 Å². The van der Waals surface area contributed by atoms with Gasteiger partial charge in [-0.3, -0.25) is 18.4 Å². The van der Waals surface area contributed by atoms with Crippen molar-refractivity contribution in [3.05, 3.63) is 23.5 Å². The van der Waals surface area contributed by atoms with Gasteiger partial charge in [0.2, 0.25) is 0 Å². The summed E-state index contributed by atoms with van der Waals surface area (Å²) in [5, 5.41) is 0. The molecule has 4 unspecified atom stereocenters. The molecule has 4 atom stereocenters. The summed E-state index contributed by atoms with van der Waals surface area (Å²) < 4.78 is 63.7. The van der Waals surface area contributed by atoms with E-state index < -0.39 is 41.8 Å². The average molecular weight is 531 g/mol. The number of hydrogen-bond donors (Lipinski definition) is 2. The van der Waals surface area contributed by atoms with E-state index in [9.17, 15) is 28.2 Å².